The summed E-state index contributed by atoms with van der Waals surface area (Å²) in [5.74, 6) is 1.98. The lowest BCUT2D eigenvalue weighted by molar-refractivity contribution is -0.139. The molecule has 2 N–H and O–H groups in total. The first-order valence-electron chi connectivity index (χ1n) is 6.96. The Morgan fingerprint density at radius 2 is 2.00 bits per heavy atom. The van der Waals surface area contributed by atoms with Crippen LogP contribution in [0.5, 0.6) is 5.75 Å². The number of rotatable bonds is 6. The Morgan fingerprint density at radius 1 is 1.29 bits per heavy atom. The summed E-state index contributed by atoms with van der Waals surface area (Å²) < 4.78 is 5.17. The molecular formula is C15H19NO4S. The Kier molecular flexibility index (Phi) is 5.92. The van der Waals surface area contributed by atoms with E-state index in [9.17, 15) is 9.59 Å². The largest absolute Gasteiger partial charge is 0.480 e. The molecule has 1 heterocycles. The Bertz CT molecular complexity index is 500. The van der Waals surface area contributed by atoms with Gasteiger partial charge in [-0.15, -0.1) is 0 Å². The van der Waals surface area contributed by atoms with E-state index in [-0.39, 0.29) is 5.91 Å². The molecule has 1 amide bonds. The van der Waals surface area contributed by atoms with E-state index in [4.69, 9.17) is 9.84 Å². The Labute approximate surface area is 128 Å². The van der Waals surface area contributed by atoms with Gasteiger partial charge in [-0.05, 0) is 42.4 Å². The molecule has 6 heteroatoms. The molecule has 0 radical (unpaired) electrons. The third-order valence-electron chi connectivity index (χ3n) is 3.33. The van der Waals surface area contributed by atoms with Crippen molar-refractivity contribution in [3.8, 4) is 5.75 Å². The van der Waals surface area contributed by atoms with Crippen molar-refractivity contribution in [3.63, 3.8) is 0 Å². The highest BCUT2D eigenvalue weighted by atomic mass is 32.2. The summed E-state index contributed by atoms with van der Waals surface area (Å²) >= 11 is 1.93. The van der Waals surface area contributed by atoms with Crippen molar-refractivity contribution < 1.29 is 19.4 Å². The van der Waals surface area contributed by atoms with Gasteiger partial charge in [-0.1, -0.05) is 12.1 Å². The summed E-state index contributed by atoms with van der Waals surface area (Å²) in [7, 11) is 0. The minimum atomic E-state index is -1.05. The minimum Gasteiger partial charge on any atom is -0.480 e. The lowest BCUT2D eigenvalue weighted by Crippen LogP contribution is -2.20. The molecule has 0 saturated carbocycles. The van der Waals surface area contributed by atoms with Gasteiger partial charge in [0.25, 0.3) is 0 Å². The van der Waals surface area contributed by atoms with Gasteiger partial charge in [0.05, 0.1) is 5.69 Å². The molecule has 0 spiro atoms. The first kappa shape index (κ1) is 15.7. The molecule has 0 atom stereocenters. The molecule has 1 fully saturated rings. The second-order valence-electron chi connectivity index (χ2n) is 4.99. The fourth-order valence-electron chi connectivity index (χ4n) is 2.25. The van der Waals surface area contributed by atoms with Crippen molar-refractivity contribution in [2.75, 3.05) is 23.4 Å². The van der Waals surface area contributed by atoms with Crippen molar-refractivity contribution in [2.45, 2.75) is 19.3 Å². The summed E-state index contributed by atoms with van der Waals surface area (Å²) in [4.78, 5) is 22.6. The number of carboxylic acids is 1. The maximum atomic E-state index is 12.1. The number of aliphatic carboxylic acids is 1. The molecule has 2 rings (SSSR count). The van der Waals surface area contributed by atoms with Gasteiger partial charge in [-0.25, -0.2) is 4.79 Å². The van der Waals surface area contributed by atoms with Crippen LogP contribution in [0, 0.1) is 5.92 Å². The van der Waals surface area contributed by atoms with Crippen LogP contribution < -0.4 is 10.1 Å². The van der Waals surface area contributed by atoms with Gasteiger partial charge >= 0.3 is 5.97 Å². The summed E-state index contributed by atoms with van der Waals surface area (Å²) in [6.07, 6.45) is 2.67. The lowest BCUT2D eigenvalue weighted by atomic mass is 9.98. The molecular weight excluding hydrogens is 290 g/mol. The monoisotopic (exact) mass is 309 g/mol. The number of thioether (sulfide) groups is 1. The smallest absolute Gasteiger partial charge is 0.341 e. The van der Waals surface area contributed by atoms with E-state index < -0.39 is 12.6 Å². The molecule has 0 unspecified atom stereocenters. The van der Waals surface area contributed by atoms with Gasteiger partial charge in [0.1, 0.15) is 5.75 Å². The molecule has 1 aliphatic rings. The zero-order chi connectivity index (χ0) is 15.1. The highest BCUT2D eigenvalue weighted by Gasteiger charge is 2.18. The van der Waals surface area contributed by atoms with E-state index >= 15 is 0 Å². The molecule has 1 aliphatic heterocycles. The van der Waals surface area contributed by atoms with Crippen LogP contribution in [0.25, 0.3) is 0 Å². The number of carbonyl (C=O) groups excluding carboxylic acids is 1. The van der Waals surface area contributed by atoms with E-state index in [1.165, 1.54) is 0 Å². The predicted octanol–water partition coefficient (Wildman–Crippen LogP) is 2.62. The van der Waals surface area contributed by atoms with Crippen molar-refractivity contribution in [1.82, 2.24) is 0 Å². The number of para-hydroxylation sites is 2. The number of carbonyl (C=O) groups is 2. The fraction of sp³-hybridized carbons (Fsp3) is 0.467. The maximum Gasteiger partial charge on any atom is 0.341 e. The number of amides is 1. The van der Waals surface area contributed by atoms with Crippen LogP contribution in [0.1, 0.15) is 19.3 Å². The standard InChI is InChI=1S/C15H19NO4S/c17-14(9-11-5-7-21-8-6-11)16-12-3-1-2-4-13(12)20-10-15(18)19/h1-4,11H,5-10H2,(H,16,17)(H,18,19). The van der Waals surface area contributed by atoms with Gasteiger partial charge in [0.2, 0.25) is 5.91 Å². The van der Waals surface area contributed by atoms with E-state index in [1.54, 1.807) is 24.3 Å². The van der Waals surface area contributed by atoms with Gasteiger partial charge in [-0.3, -0.25) is 4.79 Å². The van der Waals surface area contributed by atoms with Crippen LogP contribution in [-0.2, 0) is 9.59 Å². The van der Waals surface area contributed by atoms with Gasteiger partial charge in [0, 0.05) is 6.42 Å². The number of benzene rings is 1. The molecule has 21 heavy (non-hydrogen) atoms. The summed E-state index contributed by atoms with van der Waals surface area (Å²) in [5, 5.41) is 11.5. The number of hydrogen-bond acceptors (Lipinski definition) is 4. The van der Waals surface area contributed by atoms with Crippen LogP contribution in [0.15, 0.2) is 24.3 Å². The molecule has 114 valence electrons. The van der Waals surface area contributed by atoms with Crippen LogP contribution >= 0.6 is 11.8 Å². The van der Waals surface area contributed by atoms with Crippen molar-refractivity contribution in [1.29, 1.82) is 0 Å². The van der Waals surface area contributed by atoms with Crippen molar-refractivity contribution in [3.05, 3.63) is 24.3 Å². The van der Waals surface area contributed by atoms with E-state index in [2.05, 4.69) is 5.32 Å². The number of carboxylic acid groups (broad SMARTS) is 1. The zero-order valence-corrected chi connectivity index (χ0v) is 12.5. The summed E-state index contributed by atoms with van der Waals surface area (Å²) in [6.45, 7) is -0.424. The average molecular weight is 309 g/mol. The number of anilines is 1. The molecule has 5 nitrogen and oxygen atoms in total. The Hall–Kier alpha value is -1.69. The quantitative estimate of drug-likeness (QED) is 0.845. The second-order valence-corrected chi connectivity index (χ2v) is 6.21. The highest BCUT2D eigenvalue weighted by Crippen LogP contribution is 2.27. The summed E-state index contributed by atoms with van der Waals surface area (Å²) in [5.41, 5.74) is 0.522. The SMILES string of the molecule is O=C(O)COc1ccccc1NC(=O)CC1CCSCC1. The third kappa shape index (κ3) is 5.30. The van der Waals surface area contributed by atoms with Crippen LogP contribution in [-0.4, -0.2) is 35.1 Å². The first-order chi connectivity index (χ1) is 10.1. The molecule has 1 saturated heterocycles. The Balaban J connectivity index is 1.91. The topological polar surface area (TPSA) is 75.6 Å². The van der Waals surface area contributed by atoms with Crippen molar-refractivity contribution in [2.24, 2.45) is 5.92 Å². The summed E-state index contributed by atoms with van der Waals surface area (Å²) in [6, 6.07) is 6.88. The molecule has 0 bridgehead atoms. The van der Waals surface area contributed by atoms with Gasteiger partial charge in [0.15, 0.2) is 6.61 Å². The van der Waals surface area contributed by atoms with Crippen LogP contribution in [0.3, 0.4) is 0 Å². The van der Waals surface area contributed by atoms with Gasteiger partial charge in [-0.2, -0.15) is 11.8 Å². The molecule has 1 aromatic rings. The fourth-order valence-corrected chi connectivity index (χ4v) is 3.45. The zero-order valence-electron chi connectivity index (χ0n) is 11.7. The van der Waals surface area contributed by atoms with Crippen LogP contribution in [0.4, 0.5) is 5.69 Å². The molecule has 1 aromatic carbocycles. The lowest BCUT2D eigenvalue weighted by Gasteiger charge is -2.21. The van der Waals surface area contributed by atoms with E-state index in [0.717, 1.165) is 24.3 Å². The Morgan fingerprint density at radius 3 is 2.71 bits per heavy atom. The van der Waals surface area contributed by atoms with E-state index in [0.29, 0.717) is 23.8 Å². The second kappa shape index (κ2) is 7.93. The average Bonchev–Trinajstić information content (AvgIpc) is 2.47. The van der Waals surface area contributed by atoms with E-state index in [1.807, 2.05) is 11.8 Å². The number of ether oxygens (including phenoxy) is 1. The maximum absolute atomic E-state index is 12.1. The molecule has 0 aromatic heterocycles. The van der Waals surface area contributed by atoms with Crippen molar-refractivity contribution >= 4 is 29.3 Å². The third-order valence-corrected chi connectivity index (χ3v) is 4.38. The molecule has 0 aliphatic carbocycles. The predicted molar refractivity (Wildman–Crippen MR) is 82.9 cm³/mol. The van der Waals surface area contributed by atoms with Gasteiger partial charge < -0.3 is 15.2 Å². The van der Waals surface area contributed by atoms with Crippen LogP contribution in [0.2, 0.25) is 0 Å². The first-order valence-corrected chi connectivity index (χ1v) is 8.12. The number of nitrogens with one attached hydrogen (secondary N) is 1. The number of hydrogen-bond donors (Lipinski definition) is 2. The normalized spacial score (nSPS) is 15.4. The highest BCUT2D eigenvalue weighted by molar-refractivity contribution is 7.99. The minimum absolute atomic E-state index is 0.0433.